The van der Waals surface area contributed by atoms with Gasteiger partial charge in [-0.3, -0.25) is 9.69 Å². The molecule has 0 bridgehead atoms. The molecule has 2 atom stereocenters. The maximum atomic E-state index is 13.3. The lowest BCUT2D eigenvalue weighted by molar-refractivity contribution is -0.139. The average molecular weight is 320 g/mol. The third-order valence-corrected chi connectivity index (χ3v) is 3.51. The highest BCUT2D eigenvalue weighted by Crippen LogP contribution is 2.35. The Morgan fingerprint density at radius 3 is 2.68 bits per heavy atom. The van der Waals surface area contributed by atoms with Gasteiger partial charge in [0, 0.05) is 19.5 Å². The molecule has 1 aliphatic rings. The highest BCUT2D eigenvalue weighted by molar-refractivity contribution is 5.80. The number of hydrogen-bond donors (Lipinski definition) is 1. The summed E-state index contributed by atoms with van der Waals surface area (Å²) in [6, 6.07) is 4.11. The summed E-state index contributed by atoms with van der Waals surface area (Å²) >= 11 is 0. The maximum Gasteiger partial charge on any atom is 0.419 e. The summed E-state index contributed by atoms with van der Waals surface area (Å²) < 4.78 is 56.9. The smallest absolute Gasteiger partial charge is 0.419 e. The van der Waals surface area contributed by atoms with Gasteiger partial charge >= 0.3 is 6.18 Å². The fraction of sp³-hybridized carbons (Fsp3) is 0.500. The van der Waals surface area contributed by atoms with E-state index >= 15 is 0 Å². The first-order chi connectivity index (χ1) is 10.3. The number of nitrogens with two attached hydrogens (primary N) is 1. The molecule has 0 aliphatic carbocycles. The van der Waals surface area contributed by atoms with E-state index in [1.54, 1.807) is 0 Å². The van der Waals surface area contributed by atoms with Crippen LogP contribution in [0, 0.1) is 0 Å². The Labute approximate surface area is 124 Å². The van der Waals surface area contributed by atoms with Crippen molar-refractivity contribution in [2.45, 2.75) is 24.8 Å². The minimum absolute atomic E-state index is 0.00840. The van der Waals surface area contributed by atoms with Crippen LogP contribution in [-0.2, 0) is 11.0 Å². The summed E-state index contributed by atoms with van der Waals surface area (Å²) in [7, 11) is 0. The van der Waals surface area contributed by atoms with E-state index in [2.05, 4.69) is 0 Å². The molecule has 122 valence electrons. The number of carbonyl (C=O) groups is 1. The summed E-state index contributed by atoms with van der Waals surface area (Å²) in [6.45, 7) is 0.0572. The fourth-order valence-electron chi connectivity index (χ4n) is 2.49. The summed E-state index contributed by atoms with van der Waals surface area (Å²) in [4.78, 5) is 12.7. The van der Waals surface area contributed by atoms with E-state index in [1.165, 1.54) is 23.1 Å². The lowest BCUT2D eigenvalue weighted by Crippen LogP contribution is -2.42. The topological polar surface area (TPSA) is 55.6 Å². The van der Waals surface area contributed by atoms with E-state index in [0.29, 0.717) is 0 Å². The van der Waals surface area contributed by atoms with Crippen LogP contribution in [0.3, 0.4) is 0 Å². The first-order valence-corrected chi connectivity index (χ1v) is 6.75. The summed E-state index contributed by atoms with van der Waals surface area (Å²) in [5.41, 5.74) is 4.31. The minimum atomic E-state index is -4.51. The molecule has 0 unspecified atom stereocenters. The Morgan fingerprint density at radius 1 is 1.36 bits per heavy atom. The number of para-hydroxylation sites is 1. The lowest BCUT2D eigenvalue weighted by atomic mass is 10.2. The van der Waals surface area contributed by atoms with Crippen molar-refractivity contribution in [2.75, 3.05) is 19.7 Å². The number of ether oxygens (including phenoxy) is 1. The maximum absolute atomic E-state index is 13.3. The van der Waals surface area contributed by atoms with Gasteiger partial charge in [-0.05, 0) is 12.1 Å². The van der Waals surface area contributed by atoms with Crippen molar-refractivity contribution in [1.29, 1.82) is 0 Å². The average Bonchev–Trinajstić information content (AvgIpc) is 2.79. The Bertz CT molecular complexity index is 536. The fourth-order valence-corrected chi connectivity index (χ4v) is 2.49. The number of alkyl halides is 4. The SMILES string of the molecule is NC(=O)[C@@H]1C[C@@H](F)CN1CCOc1ccccc1C(F)(F)F. The van der Waals surface area contributed by atoms with Gasteiger partial charge in [-0.1, -0.05) is 12.1 Å². The standard InChI is InChI=1S/C14H16F4N2O2/c15-9-7-11(13(19)21)20(8-9)5-6-22-12-4-2-1-3-10(12)14(16,17)18/h1-4,9,11H,5-8H2,(H2,19,21)/t9-,11+/m1/s1. The molecule has 8 heteroatoms. The largest absolute Gasteiger partial charge is 0.492 e. The monoisotopic (exact) mass is 320 g/mol. The molecule has 2 N–H and O–H groups in total. The quantitative estimate of drug-likeness (QED) is 0.844. The van der Waals surface area contributed by atoms with Gasteiger partial charge in [-0.2, -0.15) is 13.2 Å². The van der Waals surface area contributed by atoms with Gasteiger partial charge in [0.25, 0.3) is 0 Å². The van der Waals surface area contributed by atoms with Crippen molar-refractivity contribution in [3.05, 3.63) is 29.8 Å². The van der Waals surface area contributed by atoms with E-state index < -0.39 is 29.9 Å². The number of halogens is 4. The zero-order valence-electron chi connectivity index (χ0n) is 11.6. The van der Waals surface area contributed by atoms with Crippen LogP contribution in [0.1, 0.15) is 12.0 Å². The van der Waals surface area contributed by atoms with Gasteiger partial charge < -0.3 is 10.5 Å². The third kappa shape index (κ3) is 3.88. The second-order valence-corrected chi connectivity index (χ2v) is 5.09. The summed E-state index contributed by atoms with van der Waals surface area (Å²) in [5, 5.41) is 0. The molecule has 0 spiro atoms. The van der Waals surface area contributed by atoms with Crippen LogP contribution in [0.4, 0.5) is 17.6 Å². The lowest BCUT2D eigenvalue weighted by Gasteiger charge is -2.22. The van der Waals surface area contributed by atoms with Crippen LogP contribution >= 0.6 is 0 Å². The first kappa shape index (κ1) is 16.5. The molecule has 4 nitrogen and oxygen atoms in total. The van der Waals surface area contributed by atoms with E-state index in [0.717, 1.165) is 6.07 Å². The number of hydrogen-bond acceptors (Lipinski definition) is 3. The van der Waals surface area contributed by atoms with Crippen molar-refractivity contribution in [2.24, 2.45) is 5.73 Å². The van der Waals surface area contributed by atoms with Gasteiger partial charge in [0.1, 0.15) is 18.5 Å². The predicted molar refractivity (Wildman–Crippen MR) is 71.0 cm³/mol. The zero-order valence-corrected chi connectivity index (χ0v) is 11.6. The van der Waals surface area contributed by atoms with E-state index in [9.17, 15) is 22.4 Å². The molecule has 1 heterocycles. The van der Waals surface area contributed by atoms with Crippen molar-refractivity contribution in [3.8, 4) is 5.75 Å². The van der Waals surface area contributed by atoms with Crippen LogP contribution < -0.4 is 10.5 Å². The second kappa shape index (κ2) is 6.51. The molecule has 22 heavy (non-hydrogen) atoms. The molecule has 1 saturated heterocycles. The molecule has 1 aromatic carbocycles. The molecule has 1 aromatic rings. The molecule has 1 amide bonds. The molecule has 2 rings (SSSR count). The number of likely N-dealkylation sites (tertiary alicyclic amines) is 1. The highest BCUT2D eigenvalue weighted by atomic mass is 19.4. The third-order valence-electron chi connectivity index (χ3n) is 3.51. The first-order valence-electron chi connectivity index (χ1n) is 6.75. The van der Waals surface area contributed by atoms with Crippen LogP contribution in [0.15, 0.2) is 24.3 Å². The number of primary amides is 1. The zero-order chi connectivity index (χ0) is 16.3. The summed E-state index contributed by atoms with van der Waals surface area (Å²) in [5.74, 6) is -0.933. The molecule has 0 saturated carbocycles. The molecular weight excluding hydrogens is 304 g/mol. The molecular formula is C14H16F4N2O2. The van der Waals surface area contributed by atoms with Gasteiger partial charge in [0.15, 0.2) is 0 Å². The van der Waals surface area contributed by atoms with Crippen molar-refractivity contribution >= 4 is 5.91 Å². The highest BCUT2D eigenvalue weighted by Gasteiger charge is 2.36. The Hall–Kier alpha value is -1.83. The number of amides is 1. The molecule has 0 radical (unpaired) electrons. The Balaban J connectivity index is 1.96. The predicted octanol–water partition coefficient (Wildman–Crippen LogP) is 1.98. The summed E-state index contributed by atoms with van der Waals surface area (Å²) in [6.07, 6.45) is -5.67. The van der Waals surface area contributed by atoms with Crippen molar-refractivity contribution < 1.29 is 27.1 Å². The Morgan fingerprint density at radius 2 is 2.05 bits per heavy atom. The van der Waals surface area contributed by atoms with Gasteiger partial charge in [0.2, 0.25) is 5.91 Å². The van der Waals surface area contributed by atoms with Crippen molar-refractivity contribution in [1.82, 2.24) is 4.90 Å². The van der Waals surface area contributed by atoms with E-state index in [1.807, 2.05) is 0 Å². The number of nitrogens with zero attached hydrogens (tertiary/aromatic N) is 1. The Kier molecular flexibility index (Phi) is 4.90. The van der Waals surface area contributed by atoms with Crippen LogP contribution in [0.25, 0.3) is 0 Å². The van der Waals surface area contributed by atoms with Gasteiger partial charge in [-0.25, -0.2) is 4.39 Å². The van der Waals surface area contributed by atoms with E-state index in [-0.39, 0.29) is 31.9 Å². The van der Waals surface area contributed by atoms with Crippen molar-refractivity contribution in [3.63, 3.8) is 0 Å². The van der Waals surface area contributed by atoms with Gasteiger partial charge in [-0.15, -0.1) is 0 Å². The molecule has 1 fully saturated rings. The minimum Gasteiger partial charge on any atom is -0.492 e. The van der Waals surface area contributed by atoms with E-state index in [4.69, 9.17) is 10.5 Å². The van der Waals surface area contributed by atoms with Crippen LogP contribution in [0.5, 0.6) is 5.75 Å². The number of rotatable bonds is 5. The molecule has 0 aromatic heterocycles. The molecule has 1 aliphatic heterocycles. The van der Waals surface area contributed by atoms with Crippen LogP contribution in [0.2, 0.25) is 0 Å². The normalized spacial score (nSPS) is 22.7. The number of carbonyl (C=O) groups excluding carboxylic acids is 1. The van der Waals surface area contributed by atoms with Gasteiger partial charge in [0.05, 0.1) is 11.6 Å². The second-order valence-electron chi connectivity index (χ2n) is 5.09. The number of benzene rings is 1. The van der Waals surface area contributed by atoms with Crippen LogP contribution in [-0.4, -0.2) is 42.7 Å².